The van der Waals surface area contributed by atoms with Gasteiger partial charge in [0.15, 0.2) is 0 Å². The lowest BCUT2D eigenvalue weighted by Crippen LogP contribution is -2.37. The molecule has 0 saturated heterocycles. The number of H-pyrrole nitrogens is 1. The quantitative estimate of drug-likeness (QED) is 0.744. The number of aryl methyl sites for hydroxylation is 1. The lowest BCUT2D eigenvalue weighted by molar-refractivity contribution is -0.125. The van der Waals surface area contributed by atoms with E-state index in [-0.39, 0.29) is 18.0 Å². The van der Waals surface area contributed by atoms with Crippen LogP contribution in [0.5, 0.6) is 0 Å². The number of rotatable bonds is 5. The number of amides is 1. The predicted octanol–water partition coefficient (Wildman–Crippen LogP) is 2.76. The number of nitrogens with one attached hydrogen (secondary N) is 2. The smallest absolute Gasteiger partial charge is 0.253 e. The molecule has 26 heavy (non-hydrogen) atoms. The fourth-order valence-corrected chi connectivity index (χ4v) is 3.10. The minimum atomic E-state index is -0.405. The first-order chi connectivity index (χ1) is 12.5. The summed E-state index contributed by atoms with van der Waals surface area (Å²) in [5.74, 6) is -0.134. The first-order valence-electron chi connectivity index (χ1n) is 8.57. The molecule has 3 rings (SSSR count). The van der Waals surface area contributed by atoms with Crippen molar-refractivity contribution in [1.29, 1.82) is 0 Å². The molecule has 0 aliphatic rings. The molecule has 2 aromatic carbocycles. The van der Waals surface area contributed by atoms with Gasteiger partial charge in [-0.15, -0.1) is 0 Å². The van der Waals surface area contributed by atoms with E-state index in [9.17, 15) is 9.59 Å². The molecule has 0 aliphatic heterocycles. The molecule has 0 aliphatic carbocycles. The van der Waals surface area contributed by atoms with Crippen molar-refractivity contribution in [2.45, 2.75) is 19.5 Å². The number of aromatic nitrogens is 1. The van der Waals surface area contributed by atoms with E-state index < -0.39 is 6.04 Å². The minimum Gasteiger partial charge on any atom is -0.350 e. The van der Waals surface area contributed by atoms with Gasteiger partial charge in [-0.25, -0.2) is 0 Å². The fourth-order valence-electron chi connectivity index (χ4n) is 3.10. The molecule has 1 unspecified atom stereocenters. The van der Waals surface area contributed by atoms with Gasteiger partial charge >= 0.3 is 0 Å². The van der Waals surface area contributed by atoms with Crippen LogP contribution < -0.4 is 10.9 Å². The molecular formula is C21H23N3O2. The van der Waals surface area contributed by atoms with Crippen molar-refractivity contribution < 1.29 is 4.79 Å². The van der Waals surface area contributed by atoms with E-state index in [4.69, 9.17) is 0 Å². The average Bonchev–Trinajstić information content (AvgIpc) is 2.61. The van der Waals surface area contributed by atoms with Crippen LogP contribution in [0, 0.1) is 6.92 Å². The monoisotopic (exact) mass is 349 g/mol. The van der Waals surface area contributed by atoms with Crippen LogP contribution in [0.4, 0.5) is 0 Å². The van der Waals surface area contributed by atoms with Gasteiger partial charge in [-0.1, -0.05) is 42.0 Å². The first-order valence-corrected chi connectivity index (χ1v) is 8.57. The van der Waals surface area contributed by atoms with Gasteiger partial charge in [0.25, 0.3) is 5.56 Å². The number of carbonyl (C=O) groups excluding carboxylic acids is 1. The van der Waals surface area contributed by atoms with Crippen molar-refractivity contribution >= 4 is 16.8 Å². The molecule has 0 saturated carbocycles. The molecule has 0 fully saturated rings. The number of benzene rings is 2. The highest BCUT2D eigenvalue weighted by Crippen LogP contribution is 2.18. The van der Waals surface area contributed by atoms with E-state index in [1.165, 1.54) is 0 Å². The molecule has 1 heterocycles. The molecule has 1 aromatic heterocycles. The third-order valence-corrected chi connectivity index (χ3v) is 4.41. The third-order valence-electron chi connectivity index (χ3n) is 4.41. The van der Waals surface area contributed by atoms with Gasteiger partial charge in [0.2, 0.25) is 5.91 Å². The number of carbonyl (C=O) groups is 1. The van der Waals surface area contributed by atoms with E-state index in [1.54, 1.807) is 0 Å². The van der Waals surface area contributed by atoms with Crippen LogP contribution in [-0.2, 0) is 11.3 Å². The molecule has 5 nitrogen and oxygen atoms in total. The summed E-state index contributed by atoms with van der Waals surface area (Å²) in [5.41, 5.74) is 3.20. The SMILES string of the molecule is Cc1ccc2[nH]c(=O)c(CNC(=O)C(c3ccccc3)N(C)C)cc2c1. The summed E-state index contributed by atoms with van der Waals surface area (Å²) in [4.78, 5) is 29.7. The molecule has 0 spiro atoms. The van der Waals surface area contributed by atoms with Crippen LogP contribution in [0.3, 0.4) is 0 Å². The molecule has 134 valence electrons. The van der Waals surface area contributed by atoms with Gasteiger partial charge in [-0.3, -0.25) is 14.5 Å². The van der Waals surface area contributed by atoms with E-state index >= 15 is 0 Å². The van der Waals surface area contributed by atoms with Crippen LogP contribution in [0.2, 0.25) is 0 Å². The Morgan fingerprint density at radius 1 is 1.12 bits per heavy atom. The summed E-state index contributed by atoms with van der Waals surface area (Å²) in [6, 6.07) is 16.9. The largest absolute Gasteiger partial charge is 0.350 e. The summed E-state index contributed by atoms with van der Waals surface area (Å²) < 4.78 is 0. The van der Waals surface area contributed by atoms with Crippen molar-refractivity contribution in [2.75, 3.05) is 14.1 Å². The van der Waals surface area contributed by atoms with Crippen LogP contribution in [0.15, 0.2) is 59.4 Å². The predicted molar refractivity (Wildman–Crippen MR) is 104 cm³/mol. The molecule has 5 heteroatoms. The summed E-state index contributed by atoms with van der Waals surface area (Å²) in [6.07, 6.45) is 0. The Balaban J connectivity index is 1.81. The lowest BCUT2D eigenvalue weighted by atomic mass is 10.1. The van der Waals surface area contributed by atoms with Crippen molar-refractivity contribution in [3.8, 4) is 0 Å². The maximum atomic E-state index is 12.7. The zero-order valence-corrected chi connectivity index (χ0v) is 15.2. The molecule has 1 amide bonds. The molecule has 1 atom stereocenters. The van der Waals surface area contributed by atoms with Gasteiger partial charge in [0.1, 0.15) is 6.04 Å². The zero-order chi connectivity index (χ0) is 18.7. The number of pyridine rings is 1. The summed E-state index contributed by atoms with van der Waals surface area (Å²) in [6.45, 7) is 2.20. The molecule has 3 aromatic rings. The fraction of sp³-hybridized carbons (Fsp3) is 0.238. The zero-order valence-electron chi connectivity index (χ0n) is 15.2. The first kappa shape index (κ1) is 17.9. The lowest BCUT2D eigenvalue weighted by Gasteiger charge is -2.23. The van der Waals surface area contributed by atoms with Gasteiger partial charge in [-0.2, -0.15) is 0 Å². The maximum Gasteiger partial charge on any atom is 0.253 e. The normalized spacial score (nSPS) is 12.3. The number of nitrogens with zero attached hydrogens (tertiary/aromatic N) is 1. The van der Waals surface area contributed by atoms with Crippen molar-refractivity contribution in [2.24, 2.45) is 0 Å². The van der Waals surface area contributed by atoms with Gasteiger partial charge in [0.05, 0.1) is 0 Å². The summed E-state index contributed by atoms with van der Waals surface area (Å²) >= 11 is 0. The van der Waals surface area contributed by atoms with Crippen LogP contribution in [0.25, 0.3) is 10.9 Å². The van der Waals surface area contributed by atoms with Crippen molar-refractivity contribution in [3.05, 3.63) is 81.6 Å². The number of aromatic amines is 1. The highest BCUT2D eigenvalue weighted by atomic mass is 16.2. The second kappa shape index (κ2) is 7.54. The second-order valence-electron chi connectivity index (χ2n) is 6.71. The minimum absolute atomic E-state index is 0.134. The topological polar surface area (TPSA) is 65.2 Å². The maximum absolute atomic E-state index is 12.7. The van der Waals surface area contributed by atoms with Crippen LogP contribution in [0.1, 0.15) is 22.7 Å². The highest BCUT2D eigenvalue weighted by molar-refractivity contribution is 5.83. The van der Waals surface area contributed by atoms with E-state index in [2.05, 4.69) is 10.3 Å². The van der Waals surface area contributed by atoms with E-state index in [1.807, 2.05) is 80.5 Å². The Hall–Kier alpha value is -2.92. The number of likely N-dealkylation sites (N-methyl/N-ethyl adjacent to an activating group) is 1. The second-order valence-corrected chi connectivity index (χ2v) is 6.71. The van der Waals surface area contributed by atoms with Gasteiger partial charge < -0.3 is 10.3 Å². The standard InChI is InChI=1S/C21H23N3O2/c1-14-9-10-18-16(11-14)12-17(20(25)23-18)13-22-21(26)19(24(2)3)15-7-5-4-6-8-15/h4-12,19H,13H2,1-3H3,(H,22,26)(H,23,25). The van der Waals surface area contributed by atoms with Crippen LogP contribution in [-0.4, -0.2) is 29.9 Å². The Kier molecular flexibility index (Phi) is 5.19. The van der Waals surface area contributed by atoms with Crippen molar-refractivity contribution in [1.82, 2.24) is 15.2 Å². The van der Waals surface area contributed by atoms with Crippen LogP contribution >= 0.6 is 0 Å². The number of hydrogen-bond donors (Lipinski definition) is 2. The third kappa shape index (κ3) is 3.83. The Morgan fingerprint density at radius 3 is 2.54 bits per heavy atom. The van der Waals surface area contributed by atoms with E-state index in [0.717, 1.165) is 22.0 Å². The number of fused-ring (bicyclic) bond motifs is 1. The Labute approximate surface area is 152 Å². The van der Waals surface area contributed by atoms with Gasteiger partial charge in [-0.05, 0) is 50.2 Å². The number of hydrogen-bond acceptors (Lipinski definition) is 3. The molecule has 0 bridgehead atoms. The summed E-state index contributed by atoms with van der Waals surface area (Å²) in [7, 11) is 3.73. The summed E-state index contributed by atoms with van der Waals surface area (Å²) in [5, 5.41) is 3.86. The van der Waals surface area contributed by atoms with Gasteiger partial charge in [0, 0.05) is 17.6 Å². The molecule has 2 N–H and O–H groups in total. The Morgan fingerprint density at radius 2 is 1.85 bits per heavy atom. The molecule has 0 radical (unpaired) electrons. The Bertz CT molecular complexity index is 977. The molecular weight excluding hydrogens is 326 g/mol. The highest BCUT2D eigenvalue weighted by Gasteiger charge is 2.22. The van der Waals surface area contributed by atoms with Crippen molar-refractivity contribution in [3.63, 3.8) is 0 Å². The van der Waals surface area contributed by atoms with E-state index in [0.29, 0.717) is 5.56 Å². The average molecular weight is 349 g/mol.